The summed E-state index contributed by atoms with van der Waals surface area (Å²) in [6.07, 6.45) is -1.55. The Bertz CT molecular complexity index is 458. The summed E-state index contributed by atoms with van der Waals surface area (Å²) in [5, 5.41) is 19.0. The van der Waals surface area contributed by atoms with Gasteiger partial charge in [-0.05, 0) is 13.3 Å². The first-order valence-electron chi connectivity index (χ1n) is 8.02. The Morgan fingerprint density at radius 2 is 1.92 bits per heavy atom. The number of aliphatic hydroxyl groups excluding tert-OH is 2. The van der Waals surface area contributed by atoms with Gasteiger partial charge in [0, 0.05) is 26.1 Å². The molecule has 2 aliphatic rings. The number of aliphatic hydroxyl groups is 2. The van der Waals surface area contributed by atoms with Crippen molar-refractivity contribution < 1.29 is 42.6 Å². The molecule has 140 valence electrons. The number of hydrogen-bond donors (Lipinski definition) is 2. The monoisotopic (exact) mass is 368 g/mol. The van der Waals surface area contributed by atoms with Crippen LogP contribution in [0.3, 0.4) is 0 Å². The Kier molecular flexibility index (Phi) is 7.77. The lowest BCUT2D eigenvalue weighted by molar-refractivity contribution is -0.117. The number of rotatable bonds is 10. The molecule has 0 bridgehead atoms. The number of carbonyl (C=O) groups is 1. The van der Waals surface area contributed by atoms with Gasteiger partial charge in [-0.25, -0.2) is 4.57 Å². The fraction of sp³-hybridized carbons (Fsp3) is 0.929. The van der Waals surface area contributed by atoms with Crippen LogP contribution in [0.2, 0.25) is 0 Å². The highest BCUT2D eigenvalue weighted by Gasteiger charge is 2.39. The largest absolute Gasteiger partial charge is 0.475 e. The minimum Gasteiger partial charge on any atom is -0.394 e. The third-order valence-electron chi connectivity index (χ3n) is 3.87. The van der Waals surface area contributed by atoms with Crippen LogP contribution >= 0.6 is 7.82 Å². The summed E-state index contributed by atoms with van der Waals surface area (Å²) in [5.41, 5.74) is 0. The van der Waals surface area contributed by atoms with Gasteiger partial charge in [-0.3, -0.25) is 18.4 Å². The van der Waals surface area contributed by atoms with Crippen LogP contribution in [0.5, 0.6) is 0 Å². The maximum atomic E-state index is 12.8. The van der Waals surface area contributed by atoms with E-state index in [0.29, 0.717) is 26.1 Å². The average Bonchev–Trinajstić information content (AvgIpc) is 3.13. The number of hydrogen-bond acceptors (Lipinski definition) is 9. The minimum absolute atomic E-state index is 0.0733. The van der Waals surface area contributed by atoms with E-state index in [1.54, 1.807) is 0 Å². The Hall–Kier alpha value is -0.380. The van der Waals surface area contributed by atoms with Crippen LogP contribution in [0.4, 0.5) is 0 Å². The molecule has 2 aliphatic heterocycles. The smallest absolute Gasteiger partial charge is 0.394 e. The maximum absolute atomic E-state index is 12.8. The fourth-order valence-corrected chi connectivity index (χ4v) is 3.86. The van der Waals surface area contributed by atoms with Crippen LogP contribution in [0.1, 0.15) is 26.2 Å². The summed E-state index contributed by atoms with van der Waals surface area (Å²) in [6, 6.07) is 0. The molecule has 2 fully saturated rings. The van der Waals surface area contributed by atoms with Crippen molar-refractivity contribution in [2.75, 3.05) is 33.0 Å². The van der Waals surface area contributed by atoms with Gasteiger partial charge in [-0.15, -0.1) is 0 Å². The second-order valence-corrected chi connectivity index (χ2v) is 7.44. The van der Waals surface area contributed by atoms with E-state index in [2.05, 4.69) is 0 Å². The molecule has 2 heterocycles. The molecular formula is C14H25O9P. The predicted octanol–water partition coefficient (Wildman–Crippen LogP) is 0.423. The summed E-state index contributed by atoms with van der Waals surface area (Å²) in [4.78, 5) is 11.0. The molecule has 2 N–H and O–H groups in total. The predicted molar refractivity (Wildman–Crippen MR) is 81.5 cm³/mol. The van der Waals surface area contributed by atoms with Gasteiger partial charge >= 0.3 is 7.82 Å². The van der Waals surface area contributed by atoms with Gasteiger partial charge in [0.1, 0.15) is 24.1 Å². The Labute approximate surface area is 140 Å². The van der Waals surface area contributed by atoms with Crippen LogP contribution in [0.25, 0.3) is 0 Å². The van der Waals surface area contributed by atoms with E-state index in [4.69, 9.17) is 23.0 Å². The highest BCUT2D eigenvalue weighted by Crippen LogP contribution is 2.52. The SMILES string of the molecule is CC(=O)CCO[P@@](=O)(OC[C@H]1OCC[C@H]1O)O[C@@H]1CCO[C@@H]1CO. The first-order valence-corrected chi connectivity index (χ1v) is 9.48. The number of phosphoric ester groups is 1. The van der Waals surface area contributed by atoms with Crippen LogP contribution in [0.15, 0.2) is 0 Å². The number of Topliss-reactive ketones (excluding diaryl/α,β-unsaturated/α-hetero) is 1. The first kappa shape index (κ1) is 19.9. The molecule has 0 radical (unpaired) electrons. The van der Waals surface area contributed by atoms with Crippen molar-refractivity contribution in [2.45, 2.75) is 50.6 Å². The molecule has 0 amide bonds. The number of phosphoric acid groups is 1. The van der Waals surface area contributed by atoms with Crippen molar-refractivity contribution in [3.63, 3.8) is 0 Å². The van der Waals surface area contributed by atoms with Crippen molar-refractivity contribution in [1.29, 1.82) is 0 Å². The number of ether oxygens (including phenoxy) is 2. The van der Waals surface area contributed by atoms with Gasteiger partial charge in [0.15, 0.2) is 0 Å². The van der Waals surface area contributed by atoms with E-state index in [0.717, 1.165) is 0 Å². The lowest BCUT2D eigenvalue weighted by Gasteiger charge is -2.25. The molecule has 0 aromatic rings. The highest BCUT2D eigenvalue weighted by atomic mass is 31.2. The molecule has 2 rings (SSSR count). The molecule has 10 heteroatoms. The van der Waals surface area contributed by atoms with E-state index >= 15 is 0 Å². The van der Waals surface area contributed by atoms with Gasteiger partial charge in [0.05, 0.1) is 25.9 Å². The number of carbonyl (C=O) groups excluding carboxylic acids is 1. The molecule has 9 nitrogen and oxygen atoms in total. The van der Waals surface area contributed by atoms with Crippen molar-refractivity contribution in [3.05, 3.63) is 0 Å². The summed E-state index contributed by atoms with van der Waals surface area (Å²) in [5.74, 6) is -0.117. The van der Waals surface area contributed by atoms with Crippen molar-refractivity contribution in [2.24, 2.45) is 0 Å². The molecule has 0 aliphatic carbocycles. The van der Waals surface area contributed by atoms with E-state index in [-0.39, 0.29) is 32.0 Å². The second kappa shape index (κ2) is 9.35. The normalized spacial score (nSPS) is 32.8. The van der Waals surface area contributed by atoms with Crippen molar-refractivity contribution >= 4 is 13.6 Å². The van der Waals surface area contributed by atoms with Gasteiger partial charge in [0.25, 0.3) is 0 Å². The lowest BCUT2D eigenvalue weighted by Crippen LogP contribution is -2.29. The molecule has 0 unspecified atom stereocenters. The Morgan fingerprint density at radius 3 is 2.54 bits per heavy atom. The van der Waals surface area contributed by atoms with E-state index in [1.807, 2.05) is 0 Å². The zero-order valence-electron chi connectivity index (χ0n) is 13.7. The topological polar surface area (TPSA) is 121 Å². The second-order valence-electron chi connectivity index (χ2n) is 5.82. The summed E-state index contributed by atoms with van der Waals surface area (Å²) >= 11 is 0. The first-order chi connectivity index (χ1) is 11.4. The quantitative estimate of drug-likeness (QED) is 0.529. The third-order valence-corrected chi connectivity index (χ3v) is 5.36. The van der Waals surface area contributed by atoms with E-state index in [9.17, 15) is 19.6 Å². The molecule has 0 spiro atoms. The molecule has 24 heavy (non-hydrogen) atoms. The molecule has 5 atom stereocenters. The molecule has 0 aromatic heterocycles. The fourth-order valence-electron chi connectivity index (χ4n) is 2.45. The van der Waals surface area contributed by atoms with Crippen LogP contribution in [-0.4, -0.2) is 73.4 Å². The Balaban J connectivity index is 1.94. The molecule has 0 aromatic carbocycles. The molecule has 0 saturated carbocycles. The summed E-state index contributed by atoms with van der Waals surface area (Å²) in [7, 11) is -3.99. The van der Waals surface area contributed by atoms with E-state index < -0.39 is 32.2 Å². The Morgan fingerprint density at radius 1 is 1.21 bits per heavy atom. The maximum Gasteiger partial charge on any atom is 0.475 e. The van der Waals surface area contributed by atoms with Gasteiger partial charge < -0.3 is 19.7 Å². The summed E-state index contributed by atoms with van der Waals surface area (Å²) < 4.78 is 39.3. The van der Waals surface area contributed by atoms with Gasteiger partial charge in [-0.1, -0.05) is 0 Å². The number of ketones is 1. The van der Waals surface area contributed by atoms with Crippen molar-refractivity contribution in [1.82, 2.24) is 0 Å². The molecular weight excluding hydrogens is 343 g/mol. The molecule has 2 saturated heterocycles. The standard InChI is InChI=1S/C14H25O9P/c1-10(16)2-7-21-24(18,22-9-14-11(17)3-5-20-14)23-12-4-6-19-13(12)8-15/h11-15,17H,2-9H2,1H3/t11-,12-,13-,14-,24+/m1/s1. The highest BCUT2D eigenvalue weighted by molar-refractivity contribution is 7.48. The lowest BCUT2D eigenvalue weighted by atomic mass is 10.2. The average molecular weight is 368 g/mol. The van der Waals surface area contributed by atoms with Gasteiger partial charge in [-0.2, -0.15) is 0 Å². The van der Waals surface area contributed by atoms with Crippen LogP contribution in [0, 0.1) is 0 Å². The summed E-state index contributed by atoms with van der Waals surface area (Å²) in [6.45, 7) is 1.62. The van der Waals surface area contributed by atoms with Crippen LogP contribution in [-0.2, 0) is 32.4 Å². The van der Waals surface area contributed by atoms with Crippen LogP contribution < -0.4 is 0 Å². The zero-order valence-corrected chi connectivity index (χ0v) is 14.6. The van der Waals surface area contributed by atoms with Crippen molar-refractivity contribution in [3.8, 4) is 0 Å². The third kappa shape index (κ3) is 5.86. The minimum atomic E-state index is -3.99. The zero-order chi connectivity index (χ0) is 17.6. The van der Waals surface area contributed by atoms with E-state index in [1.165, 1.54) is 6.92 Å². The van der Waals surface area contributed by atoms with Gasteiger partial charge in [0.2, 0.25) is 0 Å².